The molecule has 0 bridgehead atoms. The molecule has 3 rings (SSSR count). The average molecular weight is 309 g/mol. The fourth-order valence-corrected chi connectivity index (χ4v) is 2.41. The molecule has 0 aliphatic carbocycles. The van der Waals surface area contributed by atoms with E-state index in [0.29, 0.717) is 11.1 Å². The van der Waals surface area contributed by atoms with E-state index in [1.165, 1.54) is 18.2 Å². The molecular formula is C15H11ClF2N2O. The zero-order valence-corrected chi connectivity index (χ0v) is 11.5. The molecule has 6 heteroatoms. The van der Waals surface area contributed by atoms with Crippen LogP contribution in [0.1, 0.15) is 17.4 Å². The first-order chi connectivity index (χ1) is 10.1. The molecule has 3 nitrogen and oxygen atoms in total. The lowest BCUT2D eigenvalue weighted by Crippen LogP contribution is -2.29. The first-order valence-electron chi connectivity index (χ1n) is 6.19. The first kappa shape index (κ1) is 14.0. The zero-order chi connectivity index (χ0) is 15.0. The second-order valence-corrected chi connectivity index (χ2v) is 5.01. The van der Waals surface area contributed by atoms with Crippen LogP contribution in [0.3, 0.4) is 0 Å². The van der Waals surface area contributed by atoms with Crippen LogP contribution in [0.15, 0.2) is 46.9 Å². The van der Waals surface area contributed by atoms with Gasteiger partial charge in [0.25, 0.3) is 0 Å². The number of rotatable bonds is 3. The normalized spacial score (nSPS) is 12.8. The van der Waals surface area contributed by atoms with E-state index in [0.717, 1.165) is 0 Å². The molecule has 0 saturated heterocycles. The minimum Gasteiger partial charge on any atom is -0.456 e. The van der Waals surface area contributed by atoms with Gasteiger partial charge in [-0.1, -0.05) is 29.8 Å². The highest BCUT2D eigenvalue weighted by molar-refractivity contribution is 6.30. The topological polar surface area (TPSA) is 51.2 Å². The summed E-state index contributed by atoms with van der Waals surface area (Å²) in [5, 5.41) is 0.863. The Balaban J connectivity index is 2.11. The van der Waals surface area contributed by atoms with Crippen molar-refractivity contribution in [3.63, 3.8) is 0 Å². The Labute approximate surface area is 124 Å². The lowest BCUT2D eigenvalue weighted by Gasteiger charge is -2.14. The number of nitrogens with two attached hydrogens (primary N) is 1. The van der Waals surface area contributed by atoms with Crippen LogP contribution in [0, 0.1) is 11.6 Å². The molecule has 1 aromatic heterocycles. The van der Waals surface area contributed by atoms with Crippen LogP contribution in [-0.2, 0) is 0 Å². The van der Waals surface area contributed by atoms with Gasteiger partial charge in [0.15, 0.2) is 11.4 Å². The molecular weight excluding hydrogens is 298 g/mol. The van der Waals surface area contributed by atoms with Crippen molar-refractivity contribution < 1.29 is 13.2 Å². The van der Waals surface area contributed by atoms with Crippen molar-refractivity contribution in [2.45, 2.75) is 6.04 Å². The number of hydrazine groups is 1. The van der Waals surface area contributed by atoms with E-state index >= 15 is 0 Å². The molecule has 0 saturated carbocycles. The van der Waals surface area contributed by atoms with Gasteiger partial charge in [-0.2, -0.15) is 0 Å². The van der Waals surface area contributed by atoms with Gasteiger partial charge >= 0.3 is 0 Å². The molecule has 2 aromatic carbocycles. The van der Waals surface area contributed by atoms with Crippen molar-refractivity contribution >= 4 is 22.6 Å². The number of benzene rings is 2. The predicted molar refractivity (Wildman–Crippen MR) is 76.7 cm³/mol. The van der Waals surface area contributed by atoms with E-state index in [9.17, 15) is 8.78 Å². The second-order valence-electron chi connectivity index (χ2n) is 4.57. The number of hydrogen-bond donors (Lipinski definition) is 2. The lowest BCUT2D eigenvalue weighted by molar-refractivity contribution is 0.453. The summed E-state index contributed by atoms with van der Waals surface area (Å²) in [7, 11) is 0. The highest BCUT2D eigenvalue weighted by atomic mass is 35.5. The van der Waals surface area contributed by atoms with E-state index < -0.39 is 17.7 Å². The van der Waals surface area contributed by atoms with Crippen molar-refractivity contribution in [3.8, 4) is 0 Å². The largest absolute Gasteiger partial charge is 0.456 e. The Bertz CT molecular complexity index is 803. The third-order valence-electron chi connectivity index (χ3n) is 3.24. The van der Waals surface area contributed by atoms with Crippen molar-refractivity contribution in [2.75, 3.05) is 0 Å². The maximum absolute atomic E-state index is 14.0. The summed E-state index contributed by atoms with van der Waals surface area (Å²) >= 11 is 5.73. The monoisotopic (exact) mass is 308 g/mol. The summed E-state index contributed by atoms with van der Waals surface area (Å²) < 4.78 is 33.2. The van der Waals surface area contributed by atoms with E-state index in [2.05, 4.69) is 5.43 Å². The molecule has 21 heavy (non-hydrogen) atoms. The predicted octanol–water partition coefficient (Wildman–Crippen LogP) is 3.92. The van der Waals surface area contributed by atoms with Gasteiger partial charge in [0, 0.05) is 16.0 Å². The molecule has 108 valence electrons. The number of halogens is 3. The summed E-state index contributed by atoms with van der Waals surface area (Å²) in [5.41, 5.74) is 2.85. The number of furan rings is 1. The molecule has 0 fully saturated rings. The smallest absolute Gasteiger partial charge is 0.169 e. The van der Waals surface area contributed by atoms with Crippen LogP contribution < -0.4 is 11.3 Å². The summed E-state index contributed by atoms with van der Waals surface area (Å²) in [5.74, 6) is 4.82. The fraction of sp³-hybridized carbons (Fsp3) is 0.0667. The quantitative estimate of drug-likeness (QED) is 0.569. The molecule has 0 amide bonds. The van der Waals surface area contributed by atoms with Gasteiger partial charge in [0.2, 0.25) is 0 Å². The van der Waals surface area contributed by atoms with Gasteiger partial charge in [-0.15, -0.1) is 0 Å². The highest BCUT2D eigenvalue weighted by Gasteiger charge is 2.21. The SMILES string of the molecule is NNC(c1cc2cccc(F)c2o1)c1ccc(Cl)cc1F. The van der Waals surface area contributed by atoms with Crippen LogP contribution in [0.4, 0.5) is 8.78 Å². The van der Waals surface area contributed by atoms with Crippen LogP contribution >= 0.6 is 11.6 Å². The highest BCUT2D eigenvalue weighted by Crippen LogP contribution is 2.31. The lowest BCUT2D eigenvalue weighted by atomic mass is 10.0. The molecule has 3 aromatic rings. The molecule has 0 aliphatic rings. The number of hydrogen-bond acceptors (Lipinski definition) is 3. The fourth-order valence-electron chi connectivity index (χ4n) is 2.25. The summed E-state index contributed by atoms with van der Waals surface area (Å²) in [6, 6.07) is 9.69. The first-order valence-corrected chi connectivity index (χ1v) is 6.57. The molecule has 0 aliphatic heterocycles. The summed E-state index contributed by atoms with van der Waals surface area (Å²) in [4.78, 5) is 0. The minimum absolute atomic E-state index is 0.113. The van der Waals surface area contributed by atoms with Gasteiger partial charge in [-0.25, -0.2) is 14.2 Å². The second kappa shape index (κ2) is 5.44. The maximum Gasteiger partial charge on any atom is 0.169 e. The zero-order valence-electron chi connectivity index (χ0n) is 10.7. The molecule has 0 radical (unpaired) electrons. The molecule has 1 heterocycles. The van der Waals surface area contributed by atoms with Crippen LogP contribution in [0.25, 0.3) is 11.0 Å². The third-order valence-corrected chi connectivity index (χ3v) is 3.47. The van der Waals surface area contributed by atoms with Gasteiger partial charge in [0.05, 0.1) is 0 Å². The van der Waals surface area contributed by atoms with Crippen molar-refractivity contribution in [2.24, 2.45) is 5.84 Å². The summed E-state index contributed by atoms with van der Waals surface area (Å²) in [6.45, 7) is 0. The van der Waals surface area contributed by atoms with E-state index in [1.54, 1.807) is 24.3 Å². The number of fused-ring (bicyclic) bond motifs is 1. The van der Waals surface area contributed by atoms with Gasteiger partial charge in [-0.3, -0.25) is 5.84 Å². The average Bonchev–Trinajstić information content (AvgIpc) is 2.87. The standard InChI is InChI=1S/C15H11ClF2N2O/c16-9-4-5-10(12(18)7-9)14(20-19)13-6-8-2-1-3-11(17)15(8)21-13/h1-7,14,20H,19H2. The van der Waals surface area contributed by atoms with Gasteiger partial charge < -0.3 is 4.42 Å². The van der Waals surface area contributed by atoms with E-state index in [1.807, 2.05) is 0 Å². The molecule has 3 N–H and O–H groups in total. The Kier molecular flexibility index (Phi) is 3.63. The molecule has 1 atom stereocenters. The van der Waals surface area contributed by atoms with Crippen LogP contribution in [-0.4, -0.2) is 0 Å². The van der Waals surface area contributed by atoms with E-state index in [-0.39, 0.29) is 16.2 Å². The number of para-hydroxylation sites is 1. The van der Waals surface area contributed by atoms with Crippen molar-refractivity contribution in [1.29, 1.82) is 0 Å². The summed E-state index contributed by atoms with van der Waals surface area (Å²) in [6.07, 6.45) is 0. The number of nitrogens with one attached hydrogen (secondary N) is 1. The van der Waals surface area contributed by atoms with Gasteiger partial charge in [-0.05, 0) is 24.3 Å². The molecule has 0 spiro atoms. The minimum atomic E-state index is -0.742. The van der Waals surface area contributed by atoms with Crippen LogP contribution in [0.5, 0.6) is 0 Å². The van der Waals surface area contributed by atoms with Gasteiger partial charge in [0.1, 0.15) is 17.6 Å². The van der Waals surface area contributed by atoms with Crippen molar-refractivity contribution in [1.82, 2.24) is 5.43 Å². The Hall–Kier alpha value is -1.95. The maximum atomic E-state index is 14.0. The Morgan fingerprint density at radius 2 is 1.90 bits per heavy atom. The van der Waals surface area contributed by atoms with Crippen LogP contribution in [0.2, 0.25) is 5.02 Å². The Morgan fingerprint density at radius 3 is 2.57 bits per heavy atom. The Morgan fingerprint density at radius 1 is 1.10 bits per heavy atom. The van der Waals surface area contributed by atoms with Crippen molar-refractivity contribution in [3.05, 3.63) is 70.4 Å². The van der Waals surface area contributed by atoms with E-state index in [4.69, 9.17) is 21.9 Å². The molecule has 1 unspecified atom stereocenters. The third kappa shape index (κ3) is 2.51.